The molecule has 9 aromatic carbocycles. The molecule has 2 aromatic heterocycles. The molecule has 0 N–H and O–H groups in total. The van der Waals surface area contributed by atoms with E-state index >= 15 is 0 Å². The Balaban J connectivity index is 0.989. The van der Waals surface area contributed by atoms with E-state index in [-0.39, 0.29) is 10.8 Å². The van der Waals surface area contributed by atoms with Gasteiger partial charge >= 0.3 is 0 Å². The van der Waals surface area contributed by atoms with E-state index in [1.165, 1.54) is 82.4 Å². The third-order valence-electron chi connectivity index (χ3n) is 13.1. The molecule has 0 saturated carbocycles. The Bertz CT molecular complexity index is 3570. The Kier molecular flexibility index (Phi) is 7.46. The van der Waals surface area contributed by atoms with Crippen LogP contribution in [0.2, 0.25) is 0 Å². The summed E-state index contributed by atoms with van der Waals surface area (Å²) in [6, 6.07) is 63.0. The van der Waals surface area contributed by atoms with Gasteiger partial charge in [0.25, 0.3) is 0 Å². The van der Waals surface area contributed by atoms with Gasteiger partial charge in [-0.3, -0.25) is 0 Å². The van der Waals surface area contributed by atoms with Crippen LogP contribution in [-0.2, 0) is 10.8 Å². The standard InChI is InChI=1S/C58H46N2O/c1-57(2,3)39-14-11-15-40(34-39)59(54-23-13-19-46-45-18-12-20-51(58(4,5)6)55(45)61-56(46)54)41-26-24-35-30-47-49(32-37(35)28-41)48-31-36-25-27-42(29-38(36)33-50(47)48)60-52-21-9-7-16-43(52)44-17-8-10-22-53(44)60/h7-34H,1-6H3. The van der Waals surface area contributed by atoms with Gasteiger partial charge in [0.05, 0.1) is 16.7 Å². The van der Waals surface area contributed by atoms with E-state index in [0.717, 1.165) is 39.0 Å². The van der Waals surface area contributed by atoms with Crippen molar-refractivity contribution in [2.24, 2.45) is 0 Å². The molecule has 2 heterocycles. The van der Waals surface area contributed by atoms with Crippen molar-refractivity contribution in [2.75, 3.05) is 4.90 Å². The maximum Gasteiger partial charge on any atom is 0.159 e. The molecule has 0 bridgehead atoms. The molecule has 12 rings (SSSR count). The van der Waals surface area contributed by atoms with E-state index in [1.807, 2.05) is 0 Å². The van der Waals surface area contributed by atoms with Gasteiger partial charge in [0.1, 0.15) is 5.58 Å². The van der Waals surface area contributed by atoms with Crippen LogP contribution in [0.25, 0.3) is 93.2 Å². The second-order valence-electron chi connectivity index (χ2n) is 19.1. The Hall–Kier alpha value is -7.10. The molecule has 11 aromatic rings. The van der Waals surface area contributed by atoms with Crippen LogP contribution in [0.15, 0.2) is 174 Å². The van der Waals surface area contributed by atoms with Crippen LogP contribution in [0, 0.1) is 0 Å². The molecule has 1 aliphatic carbocycles. The molecule has 0 atom stereocenters. The fourth-order valence-corrected chi connectivity index (χ4v) is 9.99. The number of para-hydroxylation sites is 4. The van der Waals surface area contributed by atoms with Gasteiger partial charge in [-0.05, 0) is 139 Å². The fraction of sp³-hybridized carbons (Fsp3) is 0.138. The maximum absolute atomic E-state index is 6.99. The summed E-state index contributed by atoms with van der Waals surface area (Å²) in [6.07, 6.45) is 0. The third kappa shape index (κ3) is 5.43. The topological polar surface area (TPSA) is 21.3 Å². The van der Waals surface area contributed by atoms with Crippen LogP contribution in [0.3, 0.4) is 0 Å². The van der Waals surface area contributed by atoms with Gasteiger partial charge in [-0.25, -0.2) is 0 Å². The van der Waals surface area contributed by atoms with Crippen molar-refractivity contribution >= 4 is 82.4 Å². The lowest BCUT2D eigenvalue weighted by atomic mass is 9.78. The second-order valence-corrected chi connectivity index (χ2v) is 19.1. The Morgan fingerprint density at radius 3 is 1.61 bits per heavy atom. The summed E-state index contributed by atoms with van der Waals surface area (Å²) in [6.45, 7) is 13.6. The normalized spacial score (nSPS) is 12.8. The molecular weight excluding hydrogens is 741 g/mol. The lowest BCUT2D eigenvalue weighted by molar-refractivity contribution is 0.573. The van der Waals surface area contributed by atoms with Crippen molar-refractivity contribution in [2.45, 2.75) is 52.4 Å². The van der Waals surface area contributed by atoms with Crippen LogP contribution in [0.1, 0.15) is 52.7 Å². The number of nitrogens with zero attached hydrogens (tertiary/aromatic N) is 2. The smallest absolute Gasteiger partial charge is 0.159 e. The molecule has 0 fully saturated rings. The summed E-state index contributed by atoms with van der Waals surface area (Å²) in [5.41, 5.74) is 16.4. The minimum atomic E-state index is -0.0600. The molecule has 0 spiro atoms. The number of hydrogen-bond acceptors (Lipinski definition) is 2. The summed E-state index contributed by atoms with van der Waals surface area (Å²) in [4.78, 5) is 2.39. The van der Waals surface area contributed by atoms with Gasteiger partial charge in [-0.1, -0.05) is 133 Å². The minimum Gasteiger partial charge on any atom is -0.454 e. The zero-order valence-corrected chi connectivity index (χ0v) is 35.5. The molecule has 0 amide bonds. The first-order valence-electron chi connectivity index (χ1n) is 21.5. The number of hydrogen-bond donors (Lipinski definition) is 0. The number of aromatic nitrogens is 1. The lowest BCUT2D eigenvalue weighted by Crippen LogP contribution is -2.14. The monoisotopic (exact) mass is 786 g/mol. The molecule has 0 saturated heterocycles. The molecular formula is C58H46N2O. The van der Waals surface area contributed by atoms with E-state index in [2.05, 4.69) is 221 Å². The first-order chi connectivity index (χ1) is 29.5. The lowest BCUT2D eigenvalue weighted by Gasteiger charge is -2.29. The van der Waals surface area contributed by atoms with Gasteiger partial charge in [-0.15, -0.1) is 0 Å². The number of rotatable bonds is 4. The van der Waals surface area contributed by atoms with Crippen LogP contribution in [0.4, 0.5) is 17.1 Å². The SMILES string of the molecule is CC(C)(C)c1cccc(N(c2ccc3cc4c(cc3c2)-c2cc3ccc(-n5c6ccccc6c6ccccc65)cc3cc2-4)c2cccc3c2oc2c(C(C)(C)C)cccc23)c1. The highest BCUT2D eigenvalue weighted by molar-refractivity contribution is 6.14. The van der Waals surface area contributed by atoms with Crippen molar-refractivity contribution in [1.82, 2.24) is 4.57 Å². The maximum atomic E-state index is 6.99. The second kappa shape index (κ2) is 12.7. The number of fused-ring (bicyclic) bond motifs is 12. The van der Waals surface area contributed by atoms with Gasteiger partial charge in [0, 0.05) is 44.2 Å². The highest BCUT2D eigenvalue weighted by Crippen LogP contribution is 2.52. The van der Waals surface area contributed by atoms with E-state index in [9.17, 15) is 0 Å². The molecule has 3 nitrogen and oxygen atoms in total. The van der Waals surface area contributed by atoms with Gasteiger partial charge in [0.15, 0.2) is 5.58 Å². The van der Waals surface area contributed by atoms with Crippen LogP contribution < -0.4 is 4.90 Å². The summed E-state index contributed by atoms with van der Waals surface area (Å²) < 4.78 is 9.40. The Morgan fingerprint density at radius 2 is 0.951 bits per heavy atom. The quantitative estimate of drug-likeness (QED) is 0.177. The molecule has 294 valence electrons. The summed E-state index contributed by atoms with van der Waals surface area (Å²) in [7, 11) is 0. The largest absolute Gasteiger partial charge is 0.454 e. The number of anilines is 3. The third-order valence-corrected chi connectivity index (χ3v) is 13.1. The van der Waals surface area contributed by atoms with Crippen LogP contribution in [-0.4, -0.2) is 4.57 Å². The first-order valence-corrected chi connectivity index (χ1v) is 21.5. The molecule has 0 radical (unpaired) electrons. The number of benzene rings is 9. The van der Waals surface area contributed by atoms with Crippen molar-refractivity contribution in [1.29, 1.82) is 0 Å². The Morgan fingerprint density at radius 1 is 0.410 bits per heavy atom. The van der Waals surface area contributed by atoms with E-state index in [0.29, 0.717) is 0 Å². The van der Waals surface area contributed by atoms with Crippen molar-refractivity contribution in [3.8, 4) is 27.9 Å². The van der Waals surface area contributed by atoms with Gasteiger partial charge in [0.2, 0.25) is 0 Å². The average molecular weight is 787 g/mol. The Labute approximate surface area is 356 Å². The predicted molar refractivity (Wildman–Crippen MR) is 260 cm³/mol. The summed E-state index contributed by atoms with van der Waals surface area (Å²) in [5.74, 6) is 0. The minimum absolute atomic E-state index is 0.00941. The molecule has 1 aliphatic rings. The van der Waals surface area contributed by atoms with E-state index in [4.69, 9.17) is 4.42 Å². The summed E-state index contributed by atoms with van der Waals surface area (Å²) >= 11 is 0. The predicted octanol–water partition coefficient (Wildman–Crippen LogP) is 16.7. The summed E-state index contributed by atoms with van der Waals surface area (Å²) in [5, 5.41) is 9.79. The molecule has 0 aliphatic heterocycles. The molecule has 3 heteroatoms. The first kappa shape index (κ1) is 35.8. The van der Waals surface area contributed by atoms with Gasteiger partial charge in [-0.2, -0.15) is 0 Å². The van der Waals surface area contributed by atoms with Crippen LogP contribution in [0.5, 0.6) is 0 Å². The average Bonchev–Trinajstić information content (AvgIpc) is 3.81. The van der Waals surface area contributed by atoms with Crippen LogP contribution >= 0.6 is 0 Å². The molecule has 0 unspecified atom stereocenters. The van der Waals surface area contributed by atoms with Crippen molar-refractivity contribution in [3.63, 3.8) is 0 Å². The van der Waals surface area contributed by atoms with Crippen molar-refractivity contribution in [3.05, 3.63) is 181 Å². The zero-order chi connectivity index (χ0) is 41.4. The zero-order valence-electron chi connectivity index (χ0n) is 35.5. The molecule has 61 heavy (non-hydrogen) atoms. The highest BCUT2D eigenvalue weighted by Gasteiger charge is 2.27. The van der Waals surface area contributed by atoms with Crippen molar-refractivity contribution < 1.29 is 4.42 Å². The van der Waals surface area contributed by atoms with E-state index in [1.54, 1.807) is 0 Å². The number of furan rings is 1. The van der Waals surface area contributed by atoms with E-state index < -0.39 is 0 Å². The fourth-order valence-electron chi connectivity index (χ4n) is 9.99. The highest BCUT2D eigenvalue weighted by atomic mass is 16.3. The van der Waals surface area contributed by atoms with Gasteiger partial charge < -0.3 is 13.9 Å².